The van der Waals surface area contributed by atoms with E-state index in [2.05, 4.69) is 4.90 Å². The van der Waals surface area contributed by atoms with Crippen LogP contribution in [-0.4, -0.2) is 60.1 Å². The molecule has 21 heavy (non-hydrogen) atoms. The second-order valence-corrected chi connectivity index (χ2v) is 5.53. The molecular formula is C15H22FN3O2. The lowest BCUT2D eigenvalue weighted by Crippen LogP contribution is -2.47. The van der Waals surface area contributed by atoms with Gasteiger partial charge in [0, 0.05) is 23.8 Å². The van der Waals surface area contributed by atoms with Crippen LogP contribution < -0.4 is 5.73 Å². The number of likely N-dealkylation sites (tertiary alicyclic amines) is 1. The molecule has 1 aromatic rings. The lowest BCUT2D eigenvalue weighted by atomic mass is 10.0. The van der Waals surface area contributed by atoms with Crippen LogP contribution in [0, 0.1) is 5.82 Å². The van der Waals surface area contributed by atoms with Gasteiger partial charge in [-0.3, -0.25) is 4.79 Å². The minimum absolute atomic E-state index is 0.0744. The van der Waals surface area contributed by atoms with Crippen LogP contribution in [0.3, 0.4) is 0 Å². The number of anilines is 1. The molecule has 1 amide bonds. The van der Waals surface area contributed by atoms with E-state index in [-0.39, 0.29) is 36.4 Å². The normalized spacial score (nSPS) is 16.9. The molecule has 3 N–H and O–H groups in total. The van der Waals surface area contributed by atoms with Crippen LogP contribution in [0.4, 0.5) is 10.1 Å². The Bertz CT molecular complexity index is 481. The molecule has 0 spiro atoms. The topological polar surface area (TPSA) is 69.8 Å². The summed E-state index contributed by atoms with van der Waals surface area (Å²) >= 11 is 0. The van der Waals surface area contributed by atoms with Crippen molar-refractivity contribution < 1.29 is 14.3 Å². The second kappa shape index (κ2) is 6.87. The standard InChI is InChI=1S/C15H22FN3O2/c1-18-4-2-14(3-5-18)19(6-7-20)15(21)11-8-12(16)10-13(17)9-11/h8-10,14,20H,2-7,17H2,1H3. The van der Waals surface area contributed by atoms with Gasteiger partial charge in [0.05, 0.1) is 6.61 Å². The lowest BCUT2D eigenvalue weighted by molar-refractivity contribution is 0.0539. The Hall–Kier alpha value is -1.66. The van der Waals surface area contributed by atoms with Crippen LogP contribution in [0.2, 0.25) is 0 Å². The summed E-state index contributed by atoms with van der Waals surface area (Å²) in [6.07, 6.45) is 1.71. The molecule has 1 saturated heterocycles. The first-order valence-electron chi connectivity index (χ1n) is 7.17. The molecule has 0 saturated carbocycles. The van der Waals surface area contributed by atoms with Crippen molar-refractivity contribution in [3.63, 3.8) is 0 Å². The van der Waals surface area contributed by atoms with Crippen LogP contribution in [0.15, 0.2) is 18.2 Å². The average molecular weight is 295 g/mol. The molecule has 1 aliphatic rings. The van der Waals surface area contributed by atoms with Crippen LogP contribution in [-0.2, 0) is 0 Å². The van der Waals surface area contributed by atoms with Gasteiger partial charge in [0.1, 0.15) is 5.82 Å². The number of carbonyl (C=O) groups excluding carboxylic acids is 1. The Balaban J connectivity index is 2.18. The first kappa shape index (κ1) is 15.7. The maximum absolute atomic E-state index is 13.4. The number of aliphatic hydroxyl groups is 1. The zero-order valence-corrected chi connectivity index (χ0v) is 12.3. The van der Waals surface area contributed by atoms with Crippen molar-refractivity contribution in [3.05, 3.63) is 29.6 Å². The third-order valence-electron chi connectivity index (χ3n) is 3.90. The number of halogens is 1. The molecule has 5 nitrogen and oxygen atoms in total. The van der Waals surface area contributed by atoms with Gasteiger partial charge < -0.3 is 20.6 Å². The van der Waals surface area contributed by atoms with Gasteiger partial charge in [-0.25, -0.2) is 4.39 Å². The minimum Gasteiger partial charge on any atom is -0.399 e. The molecule has 1 aromatic carbocycles. The summed E-state index contributed by atoms with van der Waals surface area (Å²) in [7, 11) is 2.04. The monoisotopic (exact) mass is 295 g/mol. The molecule has 0 bridgehead atoms. The SMILES string of the molecule is CN1CCC(N(CCO)C(=O)c2cc(N)cc(F)c2)CC1. The van der Waals surface area contributed by atoms with Gasteiger partial charge in [-0.05, 0) is 51.2 Å². The highest BCUT2D eigenvalue weighted by atomic mass is 19.1. The zero-order chi connectivity index (χ0) is 15.4. The number of hydrogen-bond donors (Lipinski definition) is 2. The highest BCUT2D eigenvalue weighted by Gasteiger charge is 2.27. The summed E-state index contributed by atoms with van der Waals surface area (Å²) < 4.78 is 13.4. The third-order valence-corrected chi connectivity index (χ3v) is 3.90. The Morgan fingerprint density at radius 2 is 2.10 bits per heavy atom. The summed E-state index contributed by atoms with van der Waals surface area (Å²) in [6, 6.07) is 3.93. The average Bonchev–Trinajstić information content (AvgIpc) is 2.44. The number of benzene rings is 1. The number of nitrogens with two attached hydrogens (primary N) is 1. The number of aliphatic hydroxyl groups excluding tert-OH is 1. The number of rotatable bonds is 4. The van der Waals surface area contributed by atoms with E-state index in [1.54, 1.807) is 4.90 Å². The summed E-state index contributed by atoms with van der Waals surface area (Å²) in [5, 5.41) is 9.22. The summed E-state index contributed by atoms with van der Waals surface area (Å²) in [4.78, 5) is 16.4. The predicted octanol–water partition coefficient (Wildman–Crippen LogP) is 0.937. The van der Waals surface area contributed by atoms with Gasteiger partial charge in [0.25, 0.3) is 5.91 Å². The zero-order valence-electron chi connectivity index (χ0n) is 12.3. The van der Waals surface area contributed by atoms with Crippen molar-refractivity contribution in [2.24, 2.45) is 0 Å². The number of nitrogen functional groups attached to an aromatic ring is 1. The first-order chi connectivity index (χ1) is 10.0. The van der Waals surface area contributed by atoms with Gasteiger partial charge >= 0.3 is 0 Å². The number of carbonyl (C=O) groups is 1. The lowest BCUT2D eigenvalue weighted by Gasteiger charge is -2.37. The molecule has 2 rings (SSSR count). The van der Waals surface area contributed by atoms with Crippen LogP contribution in [0.1, 0.15) is 23.2 Å². The molecule has 0 unspecified atom stereocenters. The molecule has 1 aliphatic heterocycles. The van der Waals surface area contributed by atoms with E-state index < -0.39 is 5.82 Å². The van der Waals surface area contributed by atoms with Gasteiger partial charge in [-0.15, -0.1) is 0 Å². The Kier molecular flexibility index (Phi) is 5.14. The minimum atomic E-state index is -0.523. The van der Waals surface area contributed by atoms with Crippen LogP contribution >= 0.6 is 0 Å². The van der Waals surface area contributed by atoms with Crippen molar-refractivity contribution in [2.45, 2.75) is 18.9 Å². The van der Waals surface area contributed by atoms with Gasteiger partial charge in [-0.1, -0.05) is 0 Å². The molecule has 0 aromatic heterocycles. The van der Waals surface area contributed by atoms with Gasteiger partial charge in [0.2, 0.25) is 0 Å². The molecular weight excluding hydrogens is 273 g/mol. The number of nitrogens with zero attached hydrogens (tertiary/aromatic N) is 2. The van der Waals surface area contributed by atoms with E-state index in [1.807, 2.05) is 7.05 Å². The summed E-state index contributed by atoms with van der Waals surface area (Å²) in [6.45, 7) is 1.96. The molecule has 0 atom stereocenters. The fraction of sp³-hybridized carbons (Fsp3) is 0.533. The number of hydrogen-bond acceptors (Lipinski definition) is 4. The van der Waals surface area contributed by atoms with E-state index >= 15 is 0 Å². The van der Waals surface area contributed by atoms with Crippen molar-refractivity contribution >= 4 is 11.6 Å². The summed E-state index contributed by atoms with van der Waals surface area (Å²) in [5.41, 5.74) is 6.06. The Labute approximate surface area is 124 Å². The molecule has 6 heteroatoms. The van der Waals surface area contributed by atoms with E-state index in [4.69, 9.17) is 5.73 Å². The smallest absolute Gasteiger partial charge is 0.254 e. The van der Waals surface area contributed by atoms with E-state index in [9.17, 15) is 14.3 Å². The fourth-order valence-electron chi connectivity index (χ4n) is 2.77. The van der Waals surface area contributed by atoms with Crippen molar-refractivity contribution in [1.29, 1.82) is 0 Å². The third kappa shape index (κ3) is 3.92. The first-order valence-corrected chi connectivity index (χ1v) is 7.17. The quantitative estimate of drug-likeness (QED) is 0.811. The highest BCUT2D eigenvalue weighted by Crippen LogP contribution is 2.20. The Morgan fingerprint density at radius 3 is 2.67 bits per heavy atom. The van der Waals surface area contributed by atoms with Crippen molar-refractivity contribution in [2.75, 3.05) is 39.0 Å². The molecule has 0 aliphatic carbocycles. The highest BCUT2D eigenvalue weighted by molar-refractivity contribution is 5.95. The van der Waals surface area contributed by atoms with E-state index in [1.165, 1.54) is 18.2 Å². The second-order valence-electron chi connectivity index (χ2n) is 5.53. The maximum Gasteiger partial charge on any atom is 0.254 e. The largest absolute Gasteiger partial charge is 0.399 e. The maximum atomic E-state index is 13.4. The fourth-order valence-corrected chi connectivity index (χ4v) is 2.77. The number of piperidine rings is 1. The predicted molar refractivity (Wildman–Crippen MR) is 79.5 cm³/mol. The van der Waals surface area contributed by atoms with Crippen LogP contribution in [0.25, 0.3) is 0 Å². The summed E-state index contributed by atoms with van der Waals surface area (Å²) in [5.74, 6) is -0.796. The van der Waals surface area contributed by atoms with Crippen LogP contribution in [0.5, 0.6) is 0 Å². The van der Waals surface area contributed by atoms with Gasteiger partial charge in [-0.2, -0.15) is 0 Å². The molecule has 1 fully saturated rings. The van der Waals surface area contributed by atoms with Gasteiger partial charge in [0.15, 0.2) is 0 Å². The van der Waals surface area contributed by atoms with E-state index in [0.717, 1.165) is 25.9 Å². The van der Waals surface area contributed by atoms with E-state index in [0.29, 0.717) is 0 Å². The molecule has 116 valence electrons. The van der Waals surface area contributed by atoms with Crippen molar-refractivity contribution in [3.8, 4) is 0 Å². The van der Waals surface area contributed by atoms with Crippen molar-refractivity contribution in [1.82, 2.24) is 9.80 Å². The molecule has 1 heterocycles. The Morgan fingerprint density at radius 1 is 1.43 bits per heavy atom. The number of amides is 1. The molecule has 0 radical (unpaired) electrons.